The fourth-order valence-corrected chi connectivity index (χ4v) is 2.09. The van der Waals surface area contributed by atoms with Crippen molar-refractivity contribution < 1.29 is 19.4 Å². The van der Waals surface area contributed by atoms with Gasteiger partial charge in [0.2, 0.25) is 5.91 Å². The highest BCUT2D eigenvalue weighted by Crippen LogP contribution is 2.06. The molecule has 20 heavy (non-hydrogen) atoms. The summed E-state index contributed by atoms with van der Waals surface area (Å²) in [6.45, 7) is 1.56. The van der Waals surface area contributed by atoms with Gasteiger partial charge in [0.1, 0.15) is 6.04 Å². The van der Waals surface area contributed by atoms with E-state index in [9.17, 15) is 9.59 Å². The van der Waals surface area contributed by atoms with Crippen LogP contribution >= 0.6 is 0 Å². The molecule has 2 rings (SSSR count). The molecule has 1 aromatic carbocycles. The smallest absolute Gasteiger partial charge is 0.323 e. The number of ether oxygens (including phenoxy) is 1. The van der Waals surface area contributed by atoms with Crippen molar-refractivity contribution in [3.8, 4) is 0 Å². The van der Waals surface area contributed by atoms with Crippen molar-refractivity contribution in [2.24, 2.45) is 0 Å². The Morgan fingerprint density at radius 1 is 1.35 bits per heavy atom. The number of carbonyl (C=O) groups excluding carboxylic acids is 1. The quantitative estimate of drug-likeness (QED) is 0.798. The Bertz CT molecular complexity index is 464. The molecular formula is C14H18N2O4. The molecule has 1 aromatic rings. The van der Waals surface area contributed by atoms with E-state index < -0.39 is 12.0 Å². The van der Waals surface area contributed by atoms with Crippen LogP contribution in [0.15, 0.2) is 30.3 Å². The zero-order valence-corrected chi connectivity index (χ0v) is 11.1. The number of hydrogen-bond acceptors (Lipinski definition) is 4. The lowest BCUT2D eigenvalue weighted by Gasteiger charge is -2.32. The average Bonchev–Trinajstić information content (AvgIpc) is 2.46. The lowest BCUT2D eigenvalue weighted by molar-refractivity contribution is -0.150. The van der Waals surface area contributed by atoms with Crippen LogP contribution in [0, 0.1) is 0 Å². The van der Waals surface area contributed by atoms with Gasteiger partial charge in [-0.25, -0.2) is 0 Å². The van der Waals surface area contributed by atoms with Crippen LogP contribution in [0.2, 0.25) is 0 Å². The molecule has 0 radical (unpaired) electrons. The van der Waals surface area contributed by atoms with Gasteiger partial charge in [-0.1, -0.05) is 30.3 Å². The van der Waals surface area contributed by atoms with Crippen molar-refractivity contribution in [2.45, 2.75) is 12.6 Å². The topological polar surface area (TPSA) is 78.9 Å². The van der Waals surface area contributed by atoms with Gasteiger partial charge in [-0.05, 0) is 5.56 Å². The Labute approximate surface area is 117 Å². The van der Waals surface area contributed by atoms with E-state index in [4.69, 9.17) is 9.84 Å². The Kier molecular flexibility index (Phi) is 5.09. The highest BCUT2D eigenvalue weighted by atomic mass is 16.5. The summed E-state index contributed by atoms with van der Waals surface area (Å²) in [5, 5.41) is 11.9. The molecule has 1 saturated heterocycles. The minimum Gasteiger partial charge on any atom is -0.480 e. The third kappa shape index (κ3) is 4.04. The van der Waals surface area contributed by atoms with Crippen LogP contribution in [-0.2, 0) is 20.9 Å². The molecule has 1 unspecified atom stereocenters. The van der Waals surface area contributed by atoms with Crippen LogP contribution in [0.5, 0.6) is 0 Å². The molecule has 1 aliphatic rings. The predicted molar refractivity (Wildman–Crippen MR) is 72.1 cm³/mol. The number of morpholine rings is 1. The lowest BCUT2D eigenvalue weighted by Crippen LogP contribution is -2.53. The van der Waals surface area contributed by atoms with Crippen LogP contribution in [-0.4, -0.2) is 54.2 Å². The number of aliphatic carboxylic acids is 1. The van der Waals surface area contributed by atoms with E-state index in [1.54, 1.807) is 4.90 Å². The number of carboxylic acids is 1. The summed E-state index contributed by atoms with van der Waals surface area (Å²) in [5.74, 6) is -1.14. The highest BCUT2D eigenvalue weighted by Gasteiger charge is 2.30. The molecule has 0 aromatic heterocycles. The van der Waals surface area contributed by atoms with Crippen LogP contribution in [0.4, 0.5) is 0 Å². The van der Waals surface area contributed by atoms with E-state index in [2.05, 4.69) is 5.32 Å². The first-order chi connectivity index (χ1) is 9.66. The molecule has 108 valence electrons. The summed E-state index contributed by atoms with van der Waals surface area (Å²) in [6.07, 6.45) is 0. The molecule has 2 N–H and O–H groups in total. The van der Waals surface area contributed by atoms with E-state index in [0.29, 0.717) is 19.7 Å². The Morgan fingerprint density at radius 2 is 2.10 bits per heavy atom. The molecule has 1 aliphatic heterocycles. The van der Waals surface area contributed by atoms with Crippen molar-refractivity contribution in [2.75, 3.05) is 26.3 Å². The fourth-order valence-electron chi connectivity index (χ4n) is 2.09. The first-order valence-corrected chi connectivity index (χ1v) is 6.52. The molecule has 1 amide bonds. The minimum atomic E-state index is -0.958. The molecule has 1 heterocycles. The Balaban J connectivity index is 1.82. The summed E-state index contributed by atoms with van der Waals surface area (Å²) >= 11 is 0. The van der Waals surface area contributed by atoms with Gasteiger partial charge in [-0.3, -0.25) is 14.5 Å². The monoisotopic (exact) mass is 278 g/mol. The molecule has 6 heteroatoms. The highest BCUT2D eigenvalue weighted by molar-refractivity contribution is 5.80. The second-order valence-corrected chi connectivity index (χ2v) is 4.66. The van der Waals surface area contributed by atoms with E-state index in [0.717, 1.165) is 5.56 Å². The van der Waals surface area contributed by atoms with E-state index in [1.165, 1.54) is 0 Å². The maximum absolute atomic E-state index is 11.9. The molecule has 0 aliphatic carbocycles. The average molecular weight is 278 g/mol. The second-order valence-electron chi connectivity index (χ2n) is 4.66. The fraction of sp³-hybridized carbons (Fsp3) is 0.429. The van der Waals surface area contributed by atoms with Crippen LogP contribution < -0.4 is 5.32 Å². The van der Waals surface area contributed by atoms with Gasteiger partial charge in [0.05, 0.1) is 19.8 Å². The SMILES string of the molecule is O=C(CN1CCOCC1C(=O)O)NCc1ccccc1. The van der Waals surface area contributed by atoms with Gasteiger partial charge in [0.15, 0.2) is 0 Å². The summed E-state index contributed by atoms with van der Waals surface area (Å²) < 4.78 is 5.13. The maximum Gasteiger partial charge on any atom is 0.323 e. The zero-order chi connectivity index (χ0) is 14.4. The number of hydrogen-bond donors (Lipinski definition) is 2. The van der Waals surface area contributed by atoms with Crippen molar-refractivity contribution in [3.05, 3.63) is 35.9 Å². The van der Waals surface area contributed by atoms with Gasteiger partial charge in [0.25, 0.3) is 0 Å². The van der Waals surface area contributed by atoms with Gasteiger partial charge >= 0.3 is 5.97 Å². The first-order valence-electron chi connectivity index (χ1n) is 6.52. The number of carboxylic acid groups (broad SMARTS) is 1. The molecular weight excluding hydrogens is 260 g/mol. The normalized spacial score (nSPS) is 19.5. The number of rotatable bonds is 5. The minimum absolute atomic E-state index is 0.0765. The number of amides is 1. The van der Waals surface area contributed by atoms with E-state index in [1.807, 2.05) is 30.3 Å². The van der Waals surface area contributed by atoms with Gasteiger partial charge in [-0.15, -0.1) is 0 Å². The van der Waals surface area contributed by atoms with Crippen LogP contribution in [0.1, 0.15) is 5.56 Å². The third-order valence-electron chi connectivity index (χ3n) is 3.20. The Morgan fingerprint density at radius 3 is 2.80 bits per heavy atom. The molecule has 0 saturated carbocycles. The summed E-state index contributed by atoms with van der Waals surface area (Å²) in [6, 6.07) is 8.83. The molecule has 0 spiro atoms. The second kappa shape index (κ2) is 7.02. The summed E-state index contributed by atoms with van der Waals surface area (Å²) in [4.78, 5) is 24.6. The number of nitrogens with zero attached hydrogens (tertiary/aromatic N) is 1. The summed E-state index contributed by atoms with van der Waals surface area (Å²) in [5.41, 5.74) is 1.01. The van der Waals surface area contributed by atoms with Gasteiger partial charge in [-0.2, -0.15) is 0 Å². The summed E-state index contributed by atoms with van der Waals surface area (Å²) in [7, 11) is 0. The van der Waals surface area contributed by atoms with E-state index in [-0.39, 0.29) is 19.1 Å². The number of nitrogens with one attached hydrogen (secondary N) is 1. The van der Waals surface area contributed by atoms with Gasteiger partial charge in [0, 0.05) is 13.1 Å². The molecule has 0 bridgehead atoms. The predicted octanol–water partition coefficient (Wildman–Crippen LogP) is 0.0882. The molecule has 1 fully saturated rings. The Hall–Kier alpha value is -1.92. The number of carbonyl (C=O) groups is 2. The van der Waals surface area contributed by atoms with Crippen LogP contribution in [0.3, 0.4) is 0 Å². The third-order valence-corrected chi connectivity index (χ3v) is 3.20. The van der Waals surface area contributed by atoms with Crippen molar-refractivity contribution in [1.82, 2.24) is 10.2 Å². The van der Waals surface area contributed by atoms with Crippen LogP contribution in [0.25, 0.3) is 0 Å². The first kappa shape index (κ1) is 14.5. The van der Waals surface area contributed by atoms with Gasteiger partial charge < -0.3 is 15.2 Å². The number of benzene rings is 1. The molecule has 6 nitrogen and oxygen atoms in total. The van der Waals surface area contributed by atoms with Crippen molar-refractivity contribution in [1.29, 1.82) is 0 Å². The molecule has 1 atom stereocenters. The standard InChI is InChI=1S/C14H18N2O4/c17-13(15-8-11-4-2-1-3-5-11)9-16-6-7-20-10-12(16)14(18)19/h1-5,12H,6-10H2,(H,15,17)(H,18,19). The zero-order valence-electron chi connectivity index (χ0n) is 11.1. The maximum atomic E-state index is 11.9. The van der Waals surface area contributed by atoms with Crippen molar-refractivity contribution in [3.63, 3.8) is 0 Å². The largest absolute Gasteiger partial charge is 0.480 e. The lowest BCUT2D eigenvalue weighted by atomic mass is 10.2. The van der Waals surface area contributed by atoms with Crippen molar-refractivity contribution >= 4 is 11.9 Å². The van der Waals surface area contributed by atoms with E-state index >= 15 is 0 Å².